The quantitative estimate of drug-likeness (QED) is 0.600. The number of nitrogens with zero attached hydrogens (tertiary/aromatic N) is 3. The number of amides is 2. The first kappa shape index (κ1) is 22.4. The number of anilines is 2. The second-order valence-electron chi connectivity index (χ2n) is 8.91. The minimum absolute atomic E-state index is 0.102. The van der Waals surface area contributed by atoms with E-state index in [1.807, 2.05) is 13.8 Å². The number of fused-ring (bicyclic) bond motifs is 1. The molecule has 1 aromatic carbocycles. The second-order valence-corrected chi connectivity index (χ2v) is 8.91. The van der Waals surface area contributed by atoms with E-state index in [0.29, 0.717) is 23.6 Å². The molecule has 0 saturated heterocycles. The highest BCUT2D eigenvalue weighted by molar-refractivity contribution is 6.12. The number of benzene rings is 1. The Labute approximate surface area is 190 Å². The number of carbonyl (C=O) groups excluding carboxylic acids is 2. The fourth-order valence-corrected chi connectivity index (χ4v) is 3.74. The van der Waals surface area contributed by atoms with Crippen LogP contribution in [-0.2, 0) is 11.3 Å². The predicted molar refractivity (Wildman–Crippen MR) is 127 cm³/mol. The summed E-state index contributed by atoms with van der Waals surface area (Å²) in [4.78, 5) is 58.6. The molecule has 1 aliphatic rings. The molecule has 2 N–H and O–H groups in total. The molecule has 0 radical (unpaired) electrons. The maximum Gasteiger partial charge on any atom is 0.330 e. The lowest BCUT2D eigenvalue weighted by atomic mass is 10.1. The van der Waals surface area contributed by atoms with Crippen LogP contribution in [0.3, 0.4) is 0 Å². The number of carbonyl (C=O) groups is 2. The van der Waals surface area contributed by atoms with E-state index in [4.69, 9.17) is 0 Å². The van der Waals surface area contributed by atoms with Crippen molar-refractivity contribution in [1.29, 1.82) is 0 Å². The van der Waals surface area contributed by atoms with Crippen LogP contribution in [0.5, 0.6) is 0 Å². The van der Waals surface area contributed by atoms with Gasteiger partial charge in [-0.05, 0) is 49.1 Å². The highest BCUT2D eigenvalue weighted by atomic mass is 16.2. The van der Waals surface area contributed by atoms with Crippen LogP contribution < -0.4 is 21.5 Å². The molecule has 3 aromatic rings. The molecule has 1 aliphatic carbocycles. The first-order valence-corrected chi connectivity index (χ1v) is 11.0. The Bertz CT molecular complexity index is 1350. The van der Waals surface area contributed by atoms with Crippen LogP contribution in [0.2, 0.25) is 0 Å². The lowest BCUT2D eigenvalue weighted by Gasteiger charge is -2.16. The van der Waals surface area contributed by atoms with Crippen LogP contribution >= 0.6 is 0 Å². The Morgan fingerprint density at radius 3 is 2.45 bits per heavy atom. The molecule has 2 heterocycles. The summed E-state index contributed by atoms with van der Waals surface area (Å²) < 4.78 is 1.44. The van der Waals surface area contributed by atoms with Crippen LogP contribution in [0, 0.1) is 5.92 Å². The first-order valence-electron chi connectivity index (χ1n) is 11.0. The average molecular weight is 450 g/mol. The molecule has 33 heavy (non-hydrogen) atoms. The van der Waals surface area contributed by atoms with Gasteiger partial charge in [0.25, 0.3) is 11.5 Å². The van der Waals surface area contributed by atoms with Gasteiger partial charge in [0.2, 0.25) is 5.91 Å². The van der Waals surface area contributed by atoms with Crippen LogP contribution in [0.25, 0.3) is 11.0 Å². The van der Waals surface area contributed by atoms with Gasteiger partial charge in [0.1, 0.15) is 0 Å². The van der Waals surface area contributed by atoms with Crippen LogP contribution in [0.4, 0.5) is 11.4 Å². The summed E-state index contributed by atoms with van der Waals surface area (Å²) in [5, 5.41) is 2.93. The van der Waals surface area contributed by atoms with Gasteiger partial charge in [0, 0.05) is 43.5 Å². The zero-order valence-corrected chi connectivity index (χ0v) is 19.1. The molecule has 9 heteroatoms. The van der Waals surface area contributed by atoms with Gasteiger partial charge in [-0.2, -0.15) is 0 Å². The molecule has 4 rings (SSSR count). The Kier molecular flexibility index (Phi) is 5.88. The van der Waals surface area contributed by atoms with Gasteiger partial charge in [0.05, 0.1) is 10.9 Å². The summed E-state index contributed by atoms with van der Waals surface area (Å²) in [6.45, 7) is 5.78. The van der Waals surface area contributed by atoms with Crippen molar-refractivity contribution in [3.8, 4) is 0 Å². The van der Waals surface area contributed by atoms with E-state index >= 15 is 0 Å². The highest BCUT2D eigenvalue weighted by Crippen LogP contribution is 2.40. The Balaban J connectivity index is 1.78. The summed E-state index contributed by atoms with van der Waals surface area (Å²) >= 11 is 0. The van der Waals surface area contributed by atoms with E-state index in [2.05, 4.69) is 15.3 Å². The summed E-state index contributed by atoms with van der Waals surface area (Å²) in [5.74, 6) is -0.192. The van der Waals surface area contributed by atoms with Gasteiger partial charge in [-0.25, -0.2) is 9.78 Å². The number of aromatic nitrogens is 3. The van der Waals surface area contributed by atoms with Crippen molar-refractivity contribution < 1.29 is 9.59 Å². The Morgan fingerprint density at radius 2 is 1.88 bits per heavy atom. The molecule has 1 fully saturated rings. The van der Waals surface area contributed by atoms with E-state index in [1.165, 1.54) is 16.4 Å². The maximum atomic E-state index is 13.3. The van der Waals surface area contributed by atoms with Gasteiger partial charge in [-0.1, -0.05) is 13.8 Å². The van der Waals surface area contributed by atoms with Crippen molar-refractivity contribution >= 4 is 34.2 Å². The lowest BCUT2D eigenvalue weighted by Crippen LogP contribution is -2.33. The third-order valence-electron chi connectivity index (χ3n) is 5.74. The standard InChI is InChI=1S/C24H27N5O4/c1-13(2)12-29-21-20(23(32)27-24(29)33)18(11-19(26-21)15-5-6-15)22(31)25-16-7-9-17(10-8-16)28(4)14(3)30/h7-11,13,15H,5-6,12H2,1-4H3,(H,25,31)(H,27,32,33). The van der Waals surface area contributed by atoms with Crippen molar-refractivity contribution in [2.75, 3.05) is 17.3 Å². The molecule has 0 atom stereocenters. The molecule has 2 amide bonds. The largest absolute Gasteiger partial charge is 0.330 e. The molecule has 0 unspecified atom stereocenters. The van der Waals surface area contributed by atoms with E-state index < -0.39 is 17.2 Å². The van der Waals surface area contributed by atoms with Gasteiger partial charge in [-0.3, -0.25) is 23.9 Å². The van der Waals surface area contributed by atoms with Gasteiger partial charge in [0.15, 0.2) is 5.65 Å². The fourth-order valence-electron chi connectivity index (χ4n) is 3.74. The highest BCUT2D eigenvalue weighted by Gasteiger charge is 2.29. The topological polar surface area (TPSA) is 117 Å². The van der Waals surface area contributed by atoms with Gasteiger partial charge >= 0.3 is 5.69 Å². The number of rotatable bonds is 6. The summed E-state index contributed by atoms with van der Waals surface area (Å²) in [5.41, 5.74) is 1.20. The summed E-state index contributed by atoms with van der Waals surface area (Å²) in [6, 6.07) is 8.50. The van der Waals surface area contributed by atoms with Crippen LogP contribution in [-0.4, -0.2) is 33.4 Å². The number of aromatic amines is 1. The minimum Gasteiger partial charge on any atom is -0.322 e. The SMILES string of the molecule is CC(=O)N(C)c1ccc(NC(=O)c2cc(C3CC3)nc3c2c(=O)[nH]c(=O)n3CC(C)C)cc1. The molecular weight excluding hydrogens is 422 g/mol. The Morgan fingerprint density at radius 1 is 1.21 bits per heavy atom. The van der Waals surface area contributed by atoms with E-state index in [-0.39, 0.29) is 34.3 Å². The van der Waals surface area contributed by atoms with Gasteiger partial charge in [-0.15, -0.1) is 0 Å². The molecule has 172 valence electrons. The number of pyridine rings is 1. The number of nitrogens with one attached hydrogen (secondary N) is 2. The summed E-state index contributed by atoms with van der Waals surface area (Å²) in [7, 11) is 1.67. The fraction of sp³-hybridized carbons (Fsp3) is 0.375. The van der Waals surface area contributed by atoms with E-state index in [1.54, 1.807) is 37.4 Å². The smallest absolute Gasteiger partial charge is 0.322 e. The number of hydrogen-bond donors (Lipinski definition) is 2. The normalized spacial score (nSPS) is 13.4. The van der Waals surface area contributed by atoms with E-state index in [9.17, 15) is 19.2 Å². The molecular formula is C24H27N5O4. The third-order valence-corrected chi connectivity index (χ3v) is 5.74. The third kappa shape index (κ3) is 4.57. The molecule has 0 bridgehead atoms. The zero-order chi connectivity index (χ0) is 23.9. The van der Waals surface area contributed by atoms with Crippen molar-refractivity contribution in [1.82, 2.24) is 14.5 Å². The van der Waals surface area contributed by atoms with Crippen molar-refractivity contribution in [3.05, 3.63) is 62.4 Å². The van der Waals surface area contributed by atoms with E-state index in [0.717, 1.165) is 12.8 Å². The molecule has 1 saturated carbocycles. The zero-order valence-electron chi connectivity index (χ0n) is 19.1. The molecule has 0 aliphatic heterocycles. The minimum atomic E-state index is -0.631. The van der Waals surface area contributed by atoms with Crippen LogP contribution in [0.1, 0.15) is 55.6 Å². The Hall–Kier alpha value is -3.75. The van der Waals surface area contributed by atoms with Crippen molar-refractivity contribution in [2.24, 2.45) is 5.92 Å². The first-order chi connectivity index (χ1) is 15.7. The van der Waals surface area contributed by atoms with Crippen molar-refractivity contribution in [3.63, 3.8) is 0 Å². The molecule has 9 nitrogen and oxygen atoms in total. The molecule has 2 aromatic heterocycles. The molecule has 0 spiro atoms. The number of hydrogen-bond acceptors (Lipinski definition) is 5. The monoisotopic (exact) mass is 449 g/mol. The number of H-pyrrole nitrogens is 1. The second kappa shape index (κ2) is 8.65. The average Bonchev–Trinajstić information content (AvgIpc) is 3.61. The lowest BCUT2D eigenvalue weighted by molar-refractivity contribution is -0.116. The summed E-state index contributed by atoms with van der Waals surface area (Å²) in [6.07, 6.45) is 1.92. The predicted octanol–water partition coefficient (Wildman–Crippen LogP) is 2.85. The maximum absolute atomic E-state index is 13.3. The van der Waals surface area contributed by atoms with Crippen molar-refractivity contribution in [2.45, 2.75) is 46.1 Å². The van der Waals surface area contributed by atoms with Gasteiger partial charge < -0.3 is 10.2 Å². The van der Waals surface area contributed by atoms with Crippen LogP contribution in [0.15, 0.2) is 39.9 Å².